The Balaban J connectivity index is 1.55. The first-order chi connectivity index (χ1) is 17.9. The normalized spacial score (nSPS) is 21.3. The van der Waals surface area contributed by atoms with Crippen molar-refractivity contribution in [3.8, 4) is 0 Å². The number of carbonyl (C=O) groups is 2. The molecule has 2 unspecified atom stereocenters. The molecule has 3 N–H and O–H groups in total. The van der Waals surface area contributed by atoms with Crippen LogP contribution in [0.25, 0.3) is 5.57 Å². The summed E-state index contributed by atoms with van der Waals surface area (Å²) in [4.78, 5) is 29.0. The summed E-state index contributed by atoms with van der Waals surface area (Å²) in [5, 5.41) is 19.6. The number of tetrazole rings is 1. The molecule has 190 valence electrons. The highest BCUT2D eigenvalue weighted by atomic mass is 19.1. The second-order valence-electron chi connectivity index (χ2n) is 9.03. The summed E-state index contributed by atoms with van der Waals surface area (Å²) in [5.74, 6) is -2.63. The van der Waals surface area contributed by atoms with Crippen molar-refractivity contribution in [2.75, 3.05) is 18.4 Å². The third-order valence-electron chi connectivity index (χ3n) is 6.55. The van der Waals surface area contributed by atoms with E-state index in [2.05, 4.69) is 31.3 Å². The zero-order chi connectivity index (χ0) is 25.8. The van der Waals surface area contributed by atoms with E-state index in [9.17, 15) is 18.4 Å². The summed E-state index contributed by atoms with van der Waals surface area (Å²) in [6.45, 7) is 1.09. The number of halogens is 2. The molecule has 3 amide bonds. The fourth-order valence-corrected chi connectivity index (χ4v) is 4.81. The number of rotatable bonds is 5. The molecule has 2 atom stereocenters. The number of urea groups is 1. The first-order valence-corrected chi connectivity index (χ1v) is 12.0. The highest BCUT2D eigenvalue weighted by molar-refractivity contribution is 6.00. The summed E-state index contributed by atoms with van der Waals surface area (Å²) < 4.78 is 27.4. The smallest absolute Gasteiger partial charge is 0.320 e. The molecule has 1 aliphatic heterocycles. The molecule has 5 rings (SSSR count). The lowest BCUT2D eigenvalue weighted by molar-refractivity contribution is -0.137. The topological polar surface area (TPSA) is 116 Å². The number of nitrogens with zero attached hydrogens (tertiary/aromatic N) is 4. The summed E-state index contributed by atoms with van der Waals surface area (Å²) in [6, 6.07) is 11.4. The SMILES string of the molecule is O=C(Nc1cc(F)cc(F)c1)NC1(C(=O)N2CCCCC2)C=CC(c2ccccc2)=CC1c1nn[nH]n1. The van der Waals surface area contributed by atoms with Crippen LogP contribution in [0.2, 0.25) is 0 Å². The molecular weight excluding hydrogens is 480 g/mol. The zero-order valence-corrected chi connectivity index (χ0v) is 19.8. The number of amides is 3. The molecule has 1 aliphatic carbocycles. The number of benzene rings is 2. The molecule has 11 heteroatoms. The third kappa shape index (κ3) is 5.11. The molecule has 3 aromatic rings. The van der Waals surface area contributed by atoms with Crippen LogP contribution in [0.3, 0.4) is 0 Å². The van der Waals surface area contributed by atoms with Crippen LogP contribution >= 0.6 is 0 Å². The number of H-pyrrole nitrogens is 1. The van der Waals surface area contributed by atoms with Gasteiger partial charge in [0, 0.05) is 24.8 Å². The average Bonchev–Trinajstić information content (AvgIpc) is 3.43. The Kier molecular flexibility index (Phi) is 6.76. The second-order valence-corrected chi connectivity index (χ2v) is 9.03. The summed E-state index contributed by atoms with van der Waals surface area (Å²) >= 11 is 0. The van der Waals surface area contributed by atoms with Crippen LogP contribution in [-0.2, 0) is 4.79 Å². The van der Waals surface area contributed by atoms with Gasteiger partial charge < -0.3 is 15.5 Å². The van der Waals surface area contributed by atoms with Gasteiger partial charge in [0.05, 0.1) is 5.92 Å². The van der Waals surface area contributed by atoms with E-state index in [1.807, 2.05) is 36.4 Å². The number of likely N-dealkylation sites (tertiary alicyclic amines) is 1. The summed E-state index contributed by atoms with van der Waals surface area (Å²) in [6.07, 6.45) is 7.94. The average molecular weight is 506 g/mol. The molecule has 0 spiro atoms. The van der Waals surface area contributed by atoms with Crippen molar-refractivity contribution in [1.82, 2.24) is 30.8 Å². The molecule has 2 heterocycles. The van der Waals surface area contributed by atoms with Crippen LogP contribution in [0.5, 0.6) is 0 Å². The first kappa shape index (κ1) is 24.3. The van der Waals surface area contributed by atoms with Crippen molar-refractivity contribution in [2.45, 2.75) is 30.7 Å². The molecular formula is C26H25F2N7O2. The van der Waals surface area contributed by atoms with E-state index < -0.39 is 29.1 Å². The minimum Gasteiger partial charge on any atom is -0.340 e. The Hall–Kier alpha value is -4.41. The number of piperidine rings is 1. The fourth-order valence-electron chi connectivity index (χ4n) is 4.81. The Morgan fingerprint density at radius 1 is 1.03 bits per heavy atom. The number of carbonyl (C=O) groups excluding carboxylic acids is 2. The van der Waals surface area contributed by atoms with Crippen molar-refractivity contribution in [2.24, 2.45) is 0 Å². The van der Waals surface area contributed by atoms with Gasteiger partial charge in [-0.15, -0.1) is 10.2 Å². The van der Waals surface area contributed by atoms with Crippen LogP contribution in [-0.4, -0.2) is 56.1 Å². The van der Waals surface area contributed by atoms with Crippen LogP contribution < -0.4 is 10.6 Å². The van der Waals surface area contributed by atoms with Crippen molar-refractivity contribution >= 4 is 23.2 Å². The minimum atomic E-state index is -1.62. The molecule has 1 aromatic heterocycles. The second kappa shape index (κ2) is 10.3. The summed E-state index contributed by atoms with van der Waals surface area (Å²) in [5.41, 5.74) is 0.0138. The van der Waals surface area contributed by atoms with Crippen molar-refractivity contribution < 1.29 is 18.4 Å². The number of anilines is 1. The van der Waals surface area contributed by atoms with E-state index in [0.29, 0.717) is 19.2 Å². The van der Waals surface area contributed by atoms with Gasteiger partial charge >= 0.3 is 6.03 Å². The lowest BCUT2D eigenvalue weighted by Gasteiger charge is -2.41. The third-order valence-corrected chi connectivity index (χ3v) is 6.55. The van der Waals surface area contributed by atoms with Gasteiger partial charge in [-0.3, -0.25) is 4.79 Å². The number of allylic oxidation sites excluding steroid dienone is 2. The maximum absolute atomic E-state index is 14.1. The van der Waals surface area contributed by atoms with Gasteiger partial charge in [-0.1, -0.05) is 47.7 Å². The molecule has 9 nitrogen and oxygen atoms in total. The highest BCUT2D eigenvalue weighted by Crippen LogP contribution is 2.39. The van der Waals surface area contributed by atoms with Crippen molar-refractivity contribution in [3.05, 3.63) is 89.8 Å². The Morgan fingerprint density at radius 2 is 1.76 bits per heavy atom. The lowest BCUT2D eigenvalue weighted by atomic mass is 9.75. The molecule has 2 aromatic carbocycles. The predicted octanol–water partition coefficient (Wildman–Crippen LogP) is 3.79. The van der Waals surface area contributed by atoms with Gasteiger partial charge in [0.2, 0.25) is 0 Å². The van der Waals surface area contributed by atoms with E-state index in [0.717, 1.165) is 42.5 Å². The molecule has 37 heavy (non-hydrogen) atoms. The van der Waals surface area contributed by atoms with E-state index in [1.165, 1.54) is 0 Å². The Morgan fingerprint density at radius 3 is 2.43 bits per heavy atom. The number of nitrogens with one attached hydrogen (secondary N) is 3. The molecule has 0 radical (unpaired) electrons. The van der Waals surface area contributed by atoms with Crippen LogP contribution in [0.1, 0.15) is 36.6 Å². The van der Waals surface area contributed by atoms with Gasteiger partial charge in [-0.05, 0) is 48.6 Å². The van der Waals surface area contributed by atoms with Gasteiger partial charge in [0.25, 0.3) is 5.91 Å². The van der Waals surface area contributed by atoms with Gasteiger partial charge in [-0.25, -0.2) is 13.6 Å². The zero-order valence-electron chi connectivity index (χ0n) is 19.8. The maximum atomic E-state index is 14.1. The summed E-state index contributed by atoms with van der Waals surface area (Å²) in [7, 11) is 0. The van der Waals surface area contributed by atoms with Gasteiger partial charge in [-0.2, -0.15) is 5.21 Å². The fraction of sp³-hybridized carbons (Fsp3) is 0.269. The monoisotopic (exact) mass is 505 g/mol. The lowest BCUT2D eigenvalue weighted by Crippen LogP contribution is -2.63. The number of aromatic amines is 1. The molecule has 0 saturated carbocycles. The maximum Gasteiger partial charge on any atom is 0.320 e. The minimum absolute atomic E-state index is 0.0908. The first-order valence-electron chi connectivity index (χ1n) is 12.0. The number of aromatic nitrogens is 4. The van der Waals surface area contributed by atoms with Crippen molar-refractivity contribution in [3.63, 3.8) is 0 Å². The Bertz CT molecular complexity index is 1320. The van der Waals surface area contributed by atoms with Crippen LogP contribution in [0.15, 0.2) is 66.8 Å². The molecule has 2 aliphatic rings. The van der Waals surface area contributed by atoms with Crippen LogP contribution in [0, 0.1) is 11.6 Å². The Labute approximate surface area is 211 Å². The largest absolute Gasteiger partial charge is 0.340 e. The van der Waals surface area contributed by atoms with E-state index >= 15 is 0 Å². The number of hydrogen-bond acceptors (Lipinski definition) is 5. The predicted molar refractivity (Wildman–Crippen MR) is 132 cm³/mol. The van der Waals surface area contributed by atoms with Crippen molar-refractivity contribution in [1.29, 1.82) is 0 Å². The molecule has 1 saturated heterocycles. The highest BCUT2D eigenvalue weighted by Gasteiger charge is 2.50. The molecule has 0 bridgehead atoms. The quantitative estimate of drug-likeness (QED) is 0.488. The van der Waals surface area contributed by atoms with Crippen LogP contribution in [0.4, 0.5) is 19.3 Å². The van der Waals surface area contributed by atoms with E-state index in [4.69, 9.17) is 0 Å². The van der Waals surface area contributed by atoms with E-state index in [1.54, 1.807) is 17.1 Å². The number of hydrogen-bond donors (Lipinski definition) is 3. The molecule has 1 fully saturated rings. The van der Waals surface area contributed by atoms with Gasteiger partial charge in [0.1, 0.15) is 11.6 Å². The standard InChI is InChI=1S/C26H25F2N7O2/c27-19-14-20(28)16-21(15-19)29-25(37)30-26(24(36)35-11-5-2-6-12-35)10-9-18(17-7-3-1-4-8-17)13-22(26)23-31-33-34-32-23/h1,3-4,7-10,13-16,22H,2,5-6,11-12H2,(H2,29,30,37)(H,31,32,33,34). The van der Waals surface area contributed by atoms with E-state index in [-0.39, 0.29) is 17.4 Å². The van der Waals surface area contributed by atoms with Gasteiger partial charge in [0.15, 0.2) is 11.4 Å².